The van der Waals surface area contributed by atoms with Gasteiger partial charge in [0.1, 0.15) is 18.8 Å². The van der Waals surface area contributed by atoms with E-state index in [4.69, 9.17) is 14.7 Å². The number of benzene rings is 1. The highest BCUT2D eigenvalue weighted by molar-refractivity contribution is 5.43. The third-order valence-electron chi connectivity index (χ3n) is 3.57. The minimum atomic E-state index is -0.437. The second kappa shape index (κ2) is 5.50. The fraction of sp³-hybridized carbons (Fsp3) is 0.533. The van der Waals surface area contributed by atoms with Gasteiger partial charge in [-0.25, -0.2) is 0 Å². The van der Waals surface area contributed by atoms with Crippen molar-refractivity contribution in [3.8, 4) is 17.6 Å². The molecule has 0 spiro atoms. The maximum Gasteiger partial charge on any atom is 0.161 e. The van der Waals surface area contributed by atoms with Crippen molar-refractivity contribution < 1.29 is 9.47 Å². The molecule has 0 saturated heterocycles. The van der Waals surface area contributed by atoms with E-state index in [-0.39, 0.29) is 0 Å². The Morgan fingerprint density at radius 3 is 2.63 bits per heavy atom. The van der Waals surface area contributed by atoms with Crippen LogP contribution in [0.15, 0.2) is 18.2 Å². The summed E-state index contributed by atoms with van der Waals surface area (Å²) in [5.41, 5.74) is 0.762. The molecule has 4 nitrogen and oxygen atoms in total. The number of nitriles is 1. The van der Waals surface area contributed by atoms with Crippen LogP contribution in [0.1, 0.15) is 19.4 Å². The molecule has 0 radical (unpaired) electrons. The summed E-state index contributed by atoms with van der Waals surface area (Å²) in [6, 6.07) is 8.35. The van der Waals surface area contributed by atoms with E-state index in [1.165, 1.54) is 5.56 Å². The van der Waals surface area contributed by atoms with Crippen LogP contribution >= 0.6 is 0 Å². The lowest BCUT2D eigenvalue weighted by Gasteiger charge is -2.29. The fourth-order valence-electron chi connectivity index (χ4n) is 1.90. The first kappa shape index (κ1) is 13.7. The third kappa shape index (κ3) is 3.18. The third-order valence-corrected chi connectivity index (χ3v) is 3.57. The van der Waals surface area contributed by atoms with Gasteiger partial charge in [0.05, 0.1) is 6.07 Å². The minimum Gasteiger partial charge on any atom is -0.486 e. The molecule has 1 aliphatic heterocycles. The molecule has 2 rings (SSSR count). The second-order valence-electron chi connectivity index (χ2n) is 5.32. The van der Waals surface area contributed by atoms with Gasteiger partial charge in [0.15, 0.2) is 11.5 Å². The molecule has 0 atom stereocenters. The molecule has 102 valence electrons. The molecule has 0 N–H and O–H groups in total. The average Bonchev–Trinajstić information content (AvgIpc) is 2.44. The number of rotatable bonds is 4. The molecule has 19 heavy (non-hydrogen) atoms. The van der Waals surface area contributed by atoms with Crippen molar-refractivity contribution in [1.29, 1.82) is 5.26 Å². The number of hydrogen-bond acceptors (Lipinski definition) is 4. The van der Waals surface area contributed by atoms with Crippen molar-refractivity contribution in [3.63, 3.8) is 0 Å². The summed E-state index contributed by atoms with van der Waals surface area (Å²) in [7, 11) is 1.97. The van der Waals surface area contributed by atoms with Crippen LogP contribution in [-0.4, -0.2) is 37.2 Å². The number of fused-ring (bicyclic) bond motifs is 1. The van der Waals surface area contributed by atoms with Gasteiger partial charge in [0.2, 0.25) is 0 Å². The zero-order valence-corrected chi connectivity index (χ0v) is 11.8. The van der Waals surface area contributed by atoms with Gasteiger partial charge in [0, 0.05) is 6.54 Å². The zero-order chi connectivity index (χ0) is 13.9. The van der Waals surface area contributed by atoms with E-state index in [1.54, 1.807) is 0 Å². The first-order valence-corrected chi connectivity index (χ1v) is 6.54. The molecule has 0 bridgehead atoms. The largest absolute Gasteiger partial charge is 0.486 e. The SMILES string of the molecule is CN(CCc1ccc2c(c1)OCCO2)C(C)(C)C#N. The summed E-state index contributed by atoms with van der Waals surface area (Å²) >= 11 is 0. The van der Waals surface area contributed by atoms with E-state index in [0.29, 0.717) is 13.2 Å². The second-order valence-corrected chi connectivity index (χ2v) is 5.32. The van der Waals surface area contributed by atoms with Crippen molar-refractivity contribution >= 4 is 0 Å². The van der Waals surface area contributed by atoms with Crippen molar-refractivity contribution in [2.45, 2.75) is 25.8 Å². The quantitative estimate of drug-likeness (QED) is 0.833. The van der Waals surface area contributed by atoms with Crippen molar-refractivity contribution in [3.05, 3.63) is 23.8 Å². The number of ether oxygens (including phenoxy) is 2. The van der Waals surface area contributed by atoms with Crippen LogP contribution in [0.4, 0.5) is 0 Å². The van der Waals surface area contributed by atoms with Crippen LogP contribution in [0, 0.1) is 11.3 Å². The smallest absolute Gasteiger partial charge is 0.161 e. The highest BCUT2D eigenvalue weighted by atomic mass is 16.6. The van der Waals surface area contributed by atoms with E-state index < -0.39 is 5.54 Å². The first-order chi connectivity index (χ1) is 9.03. The Morgan fingerprint density at radius 1 is 1.26 bits per heavy atom. The molecule has 4 heteroatoms. The highest BCUT2D eigenvalue weighted by Crippen LogP contribution is 2.30. The number of nitrogens with zero attached hydrogens (tertiary/aromatic N) is 2. The van der Waals surface area contributed by atoms with Crippen molar-refractivity contribution in [1.82, 2.24) is 4.90 Å². The molecule has 1 aromatic carbocycles. The normalized spacial score (nSPS) is 14.3. The van der Waals surface area contributed by atoms with Crippen LogP contribution in [0.5, 0.6) is 11.5 Å². The summed E-state index contributed by atoms with van der Waals surface area (Å²) < 4.78 is 11.1. The first-order valence-electron chi connectivity index (χ1n) is 6.54. The summed E-state index contributed by atoms with van der Waals surface area (Å²) in [6.07, 6.45) is 0.887. The Morgan fingerprint density at radius 2 is 1.95 bits per heavy atom. The van der Waals surface area contributed by atoms with E-state index >= 15 is 0 Å². The topological polar surface area (TPSA) is 45.5 Å². The Kier molecular flexibility index (Phi) is 3.96. The molecule has 1 aromatic rings. The molecular weight excluding hydrogens is 240 g/mol. The lowest BCUT2D eigenvalue weighted by molar-refractivity contribution is 0.171. The maximum absolute atomic E-state index is 9.09. The summed E-state index contributed by atoms with van der Waals surface area (Å²) in [5.74, 6) is 1.65. The fourth-order valence-corrected chi connectivity index (χ4v) is 1.90. The Balaban J connectivity index is 1.99. The van der Waals surface area contributed by atoms with E-state index in [2.05, 4.69) is 17.0 Å². The van der Waals surface area contributed by atoms with Gasteiger partial charge in [-0.1, -0.05) is 6.07 Å². The average molecular weight is 260 g/mol. The van der Waals surface area contributed by atoms with Gasteiger partial charge < -0.3 is 9.47 Å². The Labute approximate surface area is 114 Å². The molecule has 0 aromatic heterocycles. The van der Waals surface area contributed by atoms with E-state index in [9.17, 15) is 0 Å². The van der Waals surface area contributed by atoms with Crippen LogP contribution in [0.3, 0.4) is 0 Å². The molecular formula is C15H20N2O2. The highest BCUT2D eigenvalue weighted by Gasteiger charge is 2.22. The van der Waals surface area contributed by atoms with Crippen LogP contribution in [-0.2, 0) is 6.42 Å². The summed E-state index contributed by atoms with van der Waals surface area (Å²) in [6.45, 7) is 5.91. The summed E-state index contributed by atoms with van der Waals surface area (Å²) in [4.78, 5) is 2.06. The van der Waals surface area contributed by atoms with Crippen LogP contribution < -0.4 is 9.47 Å². The van der Waals surface area contributed by atoms with Crippen LogP contribution in [0.25, 0.3) is 0 Å². The van der Waals surface area contributed by atoms with E-state index in [0.717, 1.165) is 24.5 Å². The Hall–Kier alpha value is -1.73. The predicted octanol–water partition coefficient (Wildman–Crippen LogP) is 2.23. The van der Waals surface area contributed by atoms with Crippen molar-refractivity contribution in [2.24, 2.45) is 0 Å². The molecule has 0 unspecified atom stereocenters. The molecule has 1 heterocycles. The van der Waals surface area contributed by atoms with Gasteiger partial charge in [-0.05, 0) is 45.0 Å². The maximum atomic E-state index is 9.09. The van der Waals surface area contributed by atoms with Crippen molar-refractivity contribution in [2.75, 3.05) is 26.8 Å². The number of likely N-dealkylation sites (N-methyl/N-ethyl adjacent to an activating group) is 1. The van der Waals surface area contributed by atoms with Gasteiger partial charge in [-0.3, -0.25) is 4.90 Å². The van der Waals surface area contributed by atoms with Gasteiger partial charge in [-0.2, -0.15) is 5.26 Å². The lowest BCUT2D eigenvalue weighted by atomic mass is 10.0. The van der Waals surface area contributed by atoms with E-state index in [1.807, 2.05) is 33.0 Å². The van der Waals surface area contributed by atoms with Gasteiger partial charge >= 0.3 is 0 Å². The van der Waals surface area contributed by atoms with Gasteiger partial charge in [0.25, 0.3) is 0 Å². The minimum absolute atomic E-state index is 0.437. The van der Waals surface area contributed by atoms with Crippen LogP contribution in [0.2, 0.25) is 0 Å². The number of hydrogen-bond donors (Lipinski definition) is 0. The summed E-state index contributed by atoms with van der Waals surface area (Å²) in [5, 5.41) is 9.09. The molecule has 0 fully saturated rings. The lowest BCUT2D eigenvalue weighted by Crippen LogP contribution is -2.40. The molecule has 0 saturated carbocycles. The molecule has 0 amide bonds. The molecule has 0 aliphatic carbocycles. The van der Waals surface area contributed by atoms with Gasteiger partial charge in [-0.15, -0.1) is 0 Å². The standard InChI is InChI=1S/C15H20N2O2/c1-15(2,11-16)17(3)7-6-12-4-5-13-14(10-12)19-9-8-18-13/h4-5,10H,6-9H2,1-3H3. The monoisotopic (exact) mass is 260 g/mol. The predicted molar refractivity (Wildman–Crippen MR) is 73.5 cm³/mol. The zero-order valence-electron chi connectivity index (χ0n) is 11.8. The molecule has 1 aliphatic rings. The Bertz CT molecular complexity index is 491.